The van der Waals surface area contributed by atoms with Gasteiger partial charge in [0.25, 0.3) is 0 Å². The van der Waals surface area contributed by atoms with Crippen LogP contribution in [0.5, 0.6) is 17.2 Å². The highest BCUT2D eigenvalue weighted by molar-refractivity contribution is 6.30. The first-order valence-corrected chi connectivity index (χ1v) is 10.8. The summed E-state index contributed by atoms with van der Waals surface area (Å²) in [6, 6.07) is 11.4. The van der Waals surface area contributed by atoms with Crippen LogP contribution >= 0.6 is 11.6 Å². The normalized spacial score (nSPS) is 15.0. The molecule has 0 amide bonds. The fraction of sp³-hybridized carbons (Fsp3) is 0.391. The minimum Gasteiger partial charge on any atom is -0.493 e. The lowest BCUT2D eigenvalue weighted by Crippen LogP contribution is -2.45. The maximum atomic E-state index is 5.95. The Balaban J connectivity index is 1.34. The van der Waals surface area contributed by atoms with Gasteiger partial charge in [-0.3, -0.25) is 9.80 Å². The van der Waals surface area contributed by atoms with Crippen molar-refractivity contribution in [2.24, 2.45) is 0 Å². The van der Waals surface area contributed by atoms with Crippen LogP contribution in [-0.4, -0.2) is 67.4 Å². The van der Waals surface area contributed by atoms with E-state index in [0.29, 0.717) is 34.8 Å². The van der Waals surface area contributed by atoms with Gasteiger partial charge in [0.05, 0.1) is 27.9 Å². The number of methoxy groups -OCH3 is 3. The van der Waals surface area contributed by atoms with Gasteiger partial charge in [-0.1, -0.05) is 22.8 Å². The molecule has 0 atom stereocenters. The molecule has 1 aliphatic heterocycles. The molecule has 1 fully saturated rings. The SMILES string of the molecule is COc1ccc(CN2CCN(Cc3nc(-c4ccc(Cl)cc4)no3)CC2)c(OC)c1OC. The average molecular weight is 459 g/mol. The van der Waals surface area contributed by atoms with Crippen molar-refractivity contribution in [3.63, 3.8) is 0 Å². The molecular weight excluding hydrogens is 432 g/mol. The molecule has 0 spiro atoms. The van der Waals surface area contributed by atoms with Crippen molar-refractivity contribution < 1.29 is 18.7 Å². The summed E-state index contributed by atoms with van der Waals surface area (Å²) in [5.74, 6) is 3.20. The second kappa shape index (κ2) is 10.2. The van der Waals surface area contributed by atoms with E-state index in [2.05, 4.69) is 19.9 Å². The predicted octanol–water partition coefficient (Wildman–Crippen LogP) is 3.73. The standard InChI is InChI=1S/C23H27ClN4O4/c1-29-19-9-6-17(21(30-2)22(19)31-3)14-27-10-12-28(13-11-27)15-20-25-23(26-32-20)16-4-7-18(24)8-5-16/h4-9H,10-15H2,1-3H3. The number of rotatable bonds is 8. The minimum absolute atomic E-state index is 0.579. The van der Waals surface area contributed by atoms with E-state index in [1.807, 2.05) is 36.4 Å². The Labute approximate surface area is 192 Å². The summed E-state index contributed by atoms with van der Waals surface area (Å²) in [6.45, 7) is 5.08. The minimum atomic E-state index is 0.579. The van der Waals surface area contributed by atoms with Gasteiger partial charge in [0.2, 0.25) is 17.5 Å². The smallest absolute Gasteiger partial charge is 0.241 e. The average Bonchev–Trinajstić information content (AvgIpc) is 3.28. The van der Waals surface area contributed by atoms with E-state index in [4.69, 9.17) is 30.3 Å². The van der Waals surface area contributed by atoms with Gasteiger partial charge in [-0.25, -0.2) is 0 Å². The van der Waals surface area contributed by atoms with Gasteiger partial charge in [-0.15, -0.1) is 0 Å². The molecule has 1 saturated heterocycles. The predicted molar refractivity (Wildman–Crippen MR) is 121 cm³/mol. The van der Waals surface area contributed by atoms with Crippen LogP contribution in [0.4, 0.5) is 0 Å². The highest BCUT2D eigenvalue weighted by Gasteiger charge is 2.22. The van der Waals surface area contributed by atoms with E-state index in [1.165, 1.54) is 0 Å². The quantitative estimate of drug-likeness (QED) is 0.505. The van der Waals surface area contributed by atoms with Crippen molar-refractivity contribution in [2.45, 2.75) is 13.1 Å². The molecule has 170 valence electrons. The summed E-state index contributed by atoms with van der Waals surface area (Å²) in [5, 5.41) is 4.78. The van der Waals surface area contributed by atoms with E-state index in [9.17, 15) is 0 Å². The number of ether oxygens (including phenoxy) is 3. The molecule has 0 radical (unpaired) electrons. The fourth-order valence-electron chi connectivity index (χ4n) is 3.86. The van der Waals surface area contributed by atoms with Crippen molar-refractivity contribution >= 4 is 11.6 Å². The molecule has 0 aliphatic carbocycles. The first-order chi connectivity index (χ1) is 15.6. The van der Waals surface area contributed by atoms with E-state index in [1.54, 1.807) is 21.3 Å². The third-order valence-corrected chi connectivity index (χ3v) is 5.83. The second-order valence-electron chi connectivity index (χ2n) is 7.56. The van der Waals surface area contributed by atoms with Crippen LogP contribution in [0, 0.1) is 0 Å². The van der Waals surface area contributed by atoms with Crippen molar-refractivity contribution in [2.75, 3.05) is 47.5 Å². The third-order valence-electron chi connectivity index (χ3n) is 5.57. The molecule has 0 N–H and O–H groups in total. The van der Waals surface area contributed by atoms with Crippen LogP contribution in [0.3, 0.4) is 0 Å². The Hall–Kier alpha value is -2.81. The summed E-state index contributed by atoms with van der Waals surface area (Å²) >= 11 is 5.95. The third kappa shape index (κ3) is 4.98. The molecule has 9 heteroatoms. The van der Waals surface area contributed by atoms with Gasteiger partial charge < -0.3 is 18.7 Å². The van der Waals surface area contributed by atoms with Gasteiger partial charge in [0.15, 0.2) is 11.5 Å². The molecule has 4 rings (SSSR count). The zero-order valence-electron chi connectivity index (χ0n) is 18.5. The first kappa shape index (κ1) is 22.4. The van der Waals surface area contributed by atoms with Gasteiger partial charge in [0, 0.05) is 48.9 Å². The molecule has 2 aromatic carbocycles. The first-order valence-electron chi connectivity index (χ1n) is 10.4. The topological polar surface area (TPSA) is 73.1 Å². The molecule has 8 nitrogen and oxygen atoms in total. The number of piperazine rings is 1. The Morgan fingerprint density at radius 1 is 0.844 bits per heavy atom. The van der Waals surface area contributed by atoms with Crippen LogP contribution < -0.4 is 14.2 Å². The Kier molecular flexibility index (Phi) is 7.14. The van der Waals surface area contributed by atoms with Crippen molar-refractivity contribution in [3.05, 3.63) is 52.9 Å². The zero-order valence-corrected chi connectivity index (χ0v) is 19.3. The van der Waals surface area contributed by atoms with Crippen LogP contribution in [0.15, 0.2) is 40.9 Å². The molecule has 32 heavy (non-hydrogen) atoms. The van der Waals surface area contributed by atoms with Crippen molar-refractivity contribution in [1.29, 1.82) is 0 Å². The summed E-state index contributed by atoms with van der Waals surface area (Å²) in [4.78, 5) is 9.25. The molecule has 1 aliphatic rings. The van der Waals surface area contributed by atoms with Crippen molar-refractivity contribution in [3.8, 4) is 28.6 Å². The van der Waals surface area contributed by atoms with Crippen LogP contribution in [0.1, 0.15) is 11.5 Å². The highest BCUT2D eigenvalue weighted by atomic mass is 35.5. The van der Waals surface area contributed by atoms with E-state index in [-0.39, 0.29) is 0 Å². The number of hydrogen-bond acceptors (Lipinski definition) is 8. The van der Waals surface area contributed by atoms with Gasteiger partial charge in [-0.2, -0.15) is 4.98 Å². The molecule has 0 bridgehead atoms. The van der Waals surface area contributed by atoms with Gasteiger partial charge in [0.1, 0.15) is 0 Å². The highest BCUT2D eigenvalue weighted by Crippen LogP contribution is 2.40. The van der Waals surface area contributed by atoms with Crippen LogP contribution in [-0.2, 0) is 13.1 Å². The molecule has 0 saturated carbocycles. The summed E-state index contributed by atoms with van der Waals surface area (Å²) in [5.41, 5.74) is 1.96. The van der Waals surface area contributed by atoms with Crippen LogP contribution in [0.25, 0.3) is 11.4 Å². The van der Waals surface area contributed by atoms with E-state index in [0.717, 1.165) is 49.6 Å². The number of hydrogen-bond donors (Lipinski definition) is 0. The lowest BCUT2D eigenvalue weighted by molar-refractivity contribution is 0.111. The number of nitrogens with zero attached hydrogens (tertiary/aromatic N) is 4. The summed E-state index contributed by atoms with van der Waals surface area (Å²) in [6.07, 6.45) is 0. The van der Waals surface area contributed by atoms with Gasteiger partial charge >= 0.3 is 0 Å². The molecule has 0 unspecified atom stereocenters. The Bertz CT molecular complexity index is 1030. The molecule has 3 aromatic rings. The number of aromatic nitrogens is 2. The zero-order chi connectivity index (χ0) is 22.5. The monoisotopic (exact) mass is 458 g/mol. The largest absolute Gasteiger partial charge is 0.493 e. The molecule has 1 aromatic heterocycles. The maximum absolute atomic E-state index is 5.95. The number of benzene rings is 2. The number of halogens is 1. The Morgan fingerprint density at radius 3 is 2.12 bits per heavy atom. The van der Waals surface area contributed by atoms with E-state index >= 15 is 0 Å². The fourth-order valence-corrected chi connectivity index (χ4v) is 3.99. The summed E-state index contributed by atoms with van der Waals surface area (Å²) < 4.78 is 22.0. The van der Waals surface area contributed by atoms with Crippen LogP contribution in [0.2, 0.25) is 5.02 Å². The Morgan fingerprint density at radius 2 is 1.50 bits per heavy atom. The second-order valence-corrected chi connectivity index (χ2v) is 8.00. The summed E-state index contributed by atoms with van der Waals surface area (Å²) in [7, 11) is 4.90. The van der Waals surface area contributed by atoms with Gasteiger partial charge in [-0.05, 0) is 30.3 Å². The lowest BCUT2D eigenvalue weighted by atomic mass is 10.1. The molecule has 2 heterocycles. The lowest BCUT2D eigenvalue weighted by Gasteiger charge is -2.34. The van der Waals surface area contributed by atoms with Crippen molar-refractivity contribution in [1.82, 2.24) is 19.9 Å². The maximum Gasteiger partial charge on any atom is 0.241 e. The molecular formula is C23H27ClN4O4. The van der Waals surface area contributed by atoms with E-state index < -0.39 is 0 Å².